The highest BCUT2D eigenvalue weighted by Crippen LogP contribution is 2.14. The summed E-state index contributed by atoms with van der Waals surface area (Å²) in [5, 5.41) is 13.3. The van der Waals surface area contributed by atoms with Crippen LogP contribution in [0.4, 0.5) is 0 Å². The van der Waals surface area contributed by atoms with E-state index < -0.39 is 12.0 Å². The molecule has 1 heterocycles. The molecule has 120 valence electrons. The average Bonchev–Trinajstić information content (AvgIpc) is 3.13. The summed E-state index contributed by atoms with van der Waals surface area (Å²) >= 11 is 0. The Labute approximate surface area is 139 Å². The second-order valence-electron chi connectivity index (χ2n) is 5.26. The lowest BCUT2D eigenvalue weighted by molar-refractivity contribution is -0.138. The average molecular weight is 320 g/mol. The molecule has 24 heavy (non-hydrogen) atoms. The highest BCUT2D eigenvalue weighted by molar-refractivity contribution is 6.13. The van der Waals surface area contributed by atoms with Crippen molar-refractivity contribution < 1.29 is 14.4 Å². The Balaban J connectivity index is 2.02. The van der Waals surface area contributed by atoms with Crippen molar-refractivity contribution in [2.75, 3.05) is 0 Å². The van der Waals surface area contributed by atoms with Crippen LogP contribution >= 0.6 is 0 Å². The molecule has 3 aromatic rings. The lowest BCUT2D eigenvalue weighted by atomic mass is 10.0. The van der Waals surface area contributed by atoms with Crippen LogP contribution < -0.4 is 0 Å². The first-order valence-corrected chi connectivity index (χ1v) is 7.55. The number of hydrogen-bond acceptors (Lipinski definition) is 4. The molecule has 2 aromatic carbocycles. The van der Waals surface area contributed by atoms with Gasteiger partial charge in [-0.2, -0.15) is 0 Å². The van der Waals surface area contributed by atoms with E-state index in [1.54, 1.807) is 6.07 Å². The minimum absolute atomic E-state index is 0.176. The van der Waals surface area contributed by atoms with E-state index >= 15 is 0 Å². The highest BCUT2D eigenvalue weighted by atomic mass is 16.5. The molecule has 1 N–H and O–H groups in total. The van der Waals surface area contributed by atoms with Gasteiger partial charge in [-0.15, -0.1) is 0 Å². The second-order valence-corrected chi connectivity index (χ2v) is 5.26. The molecule has 0 bridgehead atoms. The Morgan fingerprint density at radius 1 is 1.00 bits per heavy atom. The predicted molar refractivity (Wildman–Crippen MR) is 90.2 cm³/mol. The number of hydrogen-bond donors (Lipinski definition) is 1. The molecule has 0 radical (unpaired) electrons. The van der Waals surface area contributed by atoms with E-state index in [4.69, 9.17) is 4.52 Å². The van der Waals surface area contributed by atoms with Crippen LogP contribution in [0.1, 0.15) is 16.8 Å². The Hall–Kier alpha value is -3.21. The summed E-state index contributed by atoms with van der Waals surface area (Å²) in [7, 11) is 0. The van der Waals surface area contributed by atoms with Crippen LogP contribution in [0, 0.1) is 0 Å². The van der Waals surface area contributed by atoms with Gasteiger partial charge in [0, 0.05) is 23.6 Å². The number of benzene rings is 2. The second kappa shape index (κ2) is 7.37. The molecule has 0 saturated heterocycles. The van der Waals surface area contributed by atoms with Gasteiger partial charge in [0.05, 0.1) is 11.4 Å². The smallest absolute Gasteiger partial charge is 0.328 e. The monoisotopic (exact) mass is 320 g/mol. The summed E-state index contributed by atoms with van der Waals surface area (Å²) in [6.07, 6.45) is 1.60. The van der Waals surface area contributed by atoms with E-state index in [1.807, 2.05) is 60.7 Å². The van der Waals surface area contributed by atoms with Gasteiger partial charge in [0.25, 0.3) is 0 Å². The maximum absolute atomic E-state index is 11.7. The van der Waals surface area contributed by atoms with Gasteiger partial charge in [-0.25, -0.2) is 4.79 Å². The molecule has 0 aliphatic rings. The standard InChI is InChI=1S/C19H16N2O3/c22-19(23)17(13-16-11-12-24-21-16)20-18(14-7-3-1-4-8-14)15-9-5-2-6-10-15/h1-12,17H,13H2,(H,22,23). The molecule has 0 spiro atoms. The molecule has 0 amide bonds. The van der Waals surface area contributed by atoms with Crippen molar-refractivity contribution in [3.63, 3.8) is 0 Å². The molecule has 1 atom stereocenters. The molecule has 0 aliphatic heterocycles. The SMILES string of the molecule is O=C(O)C(Cc1ccon1)N=C(c1ccccc1)c1ccccc1. The molecule has 3 rings (SSSR count). The van der Waals surface area contributed by atoms with Crippen LogP contribution in [0.3, 0.4) is 0 Å². The van der Waals surface area contributed by atoms with Crippen molar-refractivity contribution in [3.8, 4) is 0 Å². The topological polar surface area (TPSA) is 75.7 Å². The summed E-state index contributed by atoms with van der Waals surface area (Å²) in [4.78, 5) is 16.2. The quantitative estimate of drug-likeness (QED) is 0.708. The number of carboxylic acids is 1. The van der Waals surface area contributed by atoms with Crippen molar-refractivity contribution in [2.45, 2.75) is 12.5 Å². The number of aromatic nitrogens is 1. The van der Waals surface area contributed by atoms with E-state index in [0.29, 0.717) is 11.4 Å². The molecule has 5 heteroatoms. The number of carboxylic acid groups (broad SMARTS) is 1. The zero-order valence-corrected chi connectivity index (χ0v) is 12.9. The third kappa shape index (κ3) is 3.76. The number of carbonyl (C=O) groups is 1. The van der Waals surface area contributed by atoms with Gasteiger partial charge in [0.1, 0.15) is 6.26 Å². The van der Waals surface area contributed by atoms with Gasteiger partial charge < -0.3 is 9.63 Å². The molecule has 1 aromatic heterocycles. The Kier molecular flexibility index (Phi) is 4.81. The number of nitrogens with zero attached hydrogens (tertiary/aromatic N) is 2. The van der Waals surface area contributed by atoms with E-state index in [0.717, 1.165) is 11.1 Å². The third-order valence-corrected chi connectivity index (χ3v) is 3.56. The van der Waals surface area contributed by atoms with Gasteiger partial charge in [-0.3, -0.25) is 4.99 Å². The van der Waals surface area contributed by atoms with Crippen molar-refractivity contribution in [3.05, 3.63) is 89.8 Å². The van der Waals surface area contributed by atoms with Crippen LogP contribution in [0.25, 0.3) is 0 Å². The van der Waals surface area contributed by atoms with Crippen molar-refractivity contribution in [1.82, 2.24) is 5.16 Å². The highest BCUT2D eigenvalue weighted by Gasteiger charge is 2.20. The van der Waals surface area contributed by atoms with Crippen LogP contribution in [0.15, 0.2) is 82.5 Å². The molecular formula is C19H16N2O3. The fraction of sp³-hybridized carbons (Fsp3) is 0.105. The molecule has 0 saturated carbocycles. The van der Waals surface area contributed by atoms with E-state index in [1.165, 1.54) is 6.26 Å². The molecule has 5 nitrogen and oxygen atoms in total. The van der Waals surface area contributed by atoms with Gasteiger partial charge in [-0.1, -0.05) is 65.8 Å². The van der Waals surface area contributed by atoms with Crippen LogP contribution in [-0.4, -0.2) is 28.0 Å². The van der Waals surface area contributed by atoms with Crippen LogP contribution in [0.5, 0.6) is 0 Å². The Morgan fingerprint density at radius 2 is 1.58 bits per heavy atom. The first kappa shape index (κ1) is 15.7. The largest absolute Gasteiger partial charge is 0.480 e. The summed E-state index contributed by atoms with van der Waals surface area (Å²) in [6.45, 7) is 0. The normalized spacial score (nSPS) is 11.7. The minimum Gasteiger partial charge on any atom is -0.480 e. The zero-order chi connectivity index (χ0) is 16.8. The van der Waals surface area contributed by atoms with Gasteiger partial charge in [0.2, 0.25) is 0 Å². The van der Waals surface area contributed by atoms with E-state index in [2.05, 4.69) is 10.1 Å². The van der Waals surface area contributed by atoms with Gasteiger partial charge in [0.15, 0.2) is 6.04 Å². The van der Waals surface area contributed by atoms with E-state index in [-0.39, 0.29) is 6.42 Å². The lowest BCUT2D eigenvalue weighted by Gasteiger charge is -2.12. The van der Waals surface area contributed by atoms with Gasteiger partial charge in [-0.05, 0) is 0 Å². The minimum atomic E-state index is -0.998. The summed E-state index contributed by atoms with van der Waals surface area (Å²) < 4.78 is 4.78. The first-order chi connectivity index (χ1) is 11.7. The Bertz CT molecular complexity index is 771. The molecule has 0 aliphatic carbocycles. The zero-order valence-electron chi connectivity index (χ0n) is 12.9. The Morgan fingerprint density at radius 3 is 2.04 bits per heavy atom. The van der Waals surface area contributed by atoms with Gasteiger partial charge >= 0.3 is 5.97 Å². The number of aliphatic imine (C=N–C) groups is 1. The fourth-order valence-corrected chi connectivity index (χ4v) is 2.39. The summed E-state index contributed by atoms with van der Waals surface area (Å²) in [5.41, 5.74) is 2.95. The molecule has 1 unspecified atom stereocenters. The van der Waals surface area contributed by atoms with E-state index in [9.17, 15) is 9.90 Å². The molecular weight excluding hydrogens is 304 g/mol. The summed E-state index contributed by atoms with van der Waals surface area (Å²) in [6, 6.07) is 19.8. The maximum atomic E-state index is 11.7. The number of aliphatic carboxylic acids is 1. The van der Waals surface area contributed by atoms with Crippen molar-refractivity contribution in [2.24, 2.45) is 4.99 Å². The van der Waals surface area contributed by atoms with Crippen molar-refractivity contribution in [1.29, 1.82) is 0 Å². The number of rotatable bonds is 6. The fourth-order valence-electron chi connectivity index (χ4n) is 2.39. The first-order valence-electron chi connectivity index (χ1n) is 7.55. The third-order valence-electron chi connectivity index (χ3n) is 3.56. The van der Waals surface area contributed by atoms with Crippen LogP contribution in [-0.2, 0) is 11.2 Å². The lowest BCUT2D eigenvalue weighted by Crippen LogP contribution is -2.23. The van der Waals surface area contributed by atoms with Crippen LogP contribution in [0.2, 0.25) is 0 Å². The summed E-state index contributed by atoms with van der Waals surface area (Å²) in [5.74, 6) is -0.998. The maximum Gasteiger partial charge on any atom is 0.328 e. The van der Waals surface area contributed by atoms with Crippen molar-refractivity contribution >= 4 is 11.7 Å². The predicted octanol–water partition coefficient (Wildman–Crippen LogP) is 3.21. The molecule has 0 fully saturated rings.